The summed E-state index contributed by atoms with van der Waals surface area (Å²) in [5.41, 5.74) is 0.646. The zero-order valence-electron chi connectivity index (χ0n) is 10.1. The number of nitrogens with zero attached hydrogens (tertiary/aromatic N) is 1. The number of ether oxygens (including phenoxy) is 1. The monoisotopic (exact) mass is 249 g/mol. The van der Waals surface area contributed by atoms with Crippen LogP contribution < -0.4 is 0 Å². The number of aliphatic imine (C=N–C) groups is 1. The minimum atomic E-state index is -0.990. The number of para-hydroxylation sites is 1. The van der Waals surface area contributed by atoms with Crippen molar-refractivity contribution in [1.82, 2.24) is 0 Å². The van der Waals surface area contributed by atoms with Crippen LogP contribution in [0.1, 0.15) is 13.3 Å². The first-order valence-corrected chi connectivity index (χ1v) is 5.28. The molecule has 96 valence electrons. The van der Waals surface area contributed by atoms with Gasteiger partial charge < -0.3 is 9.84 Å². The van der Waals surface area contributed by atoms with E-state index >= 15 is 0 Å². The Balaban J connectivity index is 0.000000321. The molecule has 0 aliphatic rings. The molecule has 0 bridgehead atoms. The molecule has 18 heavy (non-hydrogen) atoms. The van der Waals surface area contributed by atoms with Crippen LogP contribution in [0.5, 0.6) is 0 Å². The van der Waals surface area contributed by atoms with Crippen LogP contribution in [0.4, 0.5) is 5.69 Å². The normalized spacial score (nSPS) is 10.1. The van der Waals surface area contributed by atoms with E-state index in [9.17, 15) is 9.59 Å². The lowest BCUT2D eigenvalue weighted by Crippen LogP contribution is -2.14. The Labute approximate surface area is 105 Å². The number of hydrogen-bond donors (Lipinski definition) is 1. The van der Waals surface area contributed by atoms with Crippen LogP contribution in [0.15, 0.2) is 48.0 Å². The second-order valence-electron chi connectivity index (χ2n) is 3.04. The van der Waals surface area contributed by atoms with E-state index < -0.39 is 12.3 Å². The van der Waals surface area contributed by atoms with Gasteiger partial charge in [-0.1, -0.05) is 31.7 Å². The molecule has 0 saturated heterocycles. The lowest BCUT2D eigenvalue weighted by atomic mass is 10.3. The third-order valence-electron chi connectivity index (χ3n) is 1.70. The predicted molar refractivity (Wildman–Crippen MR) is 66.8 cm³/mol. The Morgan fingerprint density at radius 2 is 2.17 bits per heavy atom. The molecule has 0 heterocycles. The van der Waals surface area contributed by atoms with Crippen molar-refractivity contribution in [3.8, 4) is 0 Å². The number of esters is 1. The number of benzene rings is 1. The number of hydrogen-bond acceptors (Lipinski definition) is 5. The first-order chi connectivity index (χ1) is 8.63. The molecule has 0 aliphatic heterocycles. The number of rotatable bonds is 4. The third kappa shape index (κ3) is 7.98. The molecule has 0 aliphatic carbocycles. The van der Waals surface area contributed by atoms with E-state index in [-0.39, 0.29) is 0 Å². The number of aliphatic hydroxyl groups is 1. The van der Waals surface area contributed by atoms with Crippen molar-refractivity contribution >= 4 is 17.7 Å². The smallest absolute Gasteiger partial charge is 0.332 e. The highest BCUT2D eigenvalue weighted by Gasteiger charge is 2.02. The van der Waals surface area contributed by atoms with Gasteiger partial charge in [0.2, 0.25) is 12.4 Å². The van der Waals surface area contributed by atoms with Gasteiger partial charge in [0, 0.05) is 12.5 Å². The van der Waals surface area contributed by atoms with Crippen molar-refractivity contribution in [2.45, 2.75) is 19.6 Å². The second kappa shape index (κ2) is 9.96. The summed E-state index contributed by atoms with van der Waals surface area (Å²) in [4.78, 5) is 23.4. The number of aliphatic hydroxyl groups excluding tert-OH is 1. The number of carbonyl (C=O) groups is 1. The summed E-state index contributed by atoms with van der Waals surface area (Å²) in [6.07, 6.45) is 1.88. The maximum atomic E-state index is 10.3. The molecule has 1 aromatic carbocycles. The number of carbonyl (C=O) groups excluding carboxylic acids is 2. The van der Waals surface area contributed by atoms with Crippen LogP contribution >= 0.6 is 0 Å². The molecule has 5 heteroatoms. The fourth-order valence-corrected chi connectivity index (χ4v) is 0.821. The maximum absolute atomic E-state index is 10.3. The van der Waals surface area contributed by atoms with Crippen LogP contribution in [-0.4, -0.2) is 23.4 Å². The van der Waals surface area contributed by atoms with Crippen molar-refractivity contribution in [2.24, 2.45) is 4.99 Å². The Bertz CT molecular complexity index is 410. The minimum absolute atomic E-state index is 0.402. The molecular formula is C13H15NO4. The Kier molecular flexibility index (Phi) is 8.72. The predicted octanol–water partition coefficient (Wildman–Crippen LogP) is 2.10. The summed E-state index contributed by atoms with van der Waals surface area (Å²) in [5, 5.41) is 8.67. The van der Waals surface area contributed by atoms with Gasteiger partial charge in [-0.25, -0.2) is 9.59 Å². The van der Waals surface area contributed by atoms with E-state index in [1.165, 1.54) is 6.08 Å². The molecule has 1 atom stereocenters. The van der Waals surface area contributed by atoms with Gasteiger partial charge in [-0.15, -0.1) is 0 Å². The summed E-state index contributed by atoms with van der Waals surface area (Å²) in [6, 6.07) is 8.98. The standard InChI is InChI=1S/C7H5NO.C6H10O3/c9-6-8-7-4-2-1-3-5-7;1-3-5(7)9-6(8)4-2/h1-5H;3,6,8H,1,4H2,2H3. The fraction of sp³-hybridized carbons (Fsp3) is 0.231. The van der Waals surface area contributed by atoms with Crippen LogP contribution in [0.2, 0.25) is 0 Å². The molecule has 0 spiro atoms. The van der Waals surface area contributed by atoms with Crippen LogP contribution in [0.3, 0.4) is 0 Å². The molecule has 0 saturated carbocycles. The largest absolute Gasteiger partial charge is 0.433 e. The third-order valence-corrected chi connectivity index (χ3v) is 1.70. The topological polar surface area (TPSA) is 76.0 Å². The molecule has 1 aromatic rings. The molecule has 0 fully saturated rings. The first kappa shape index (κ1) is 15.8. The van der Waals surface area contributed by atoms with Gasteiger partial charge in [0.1, 0.15) is 0 Å². The zero-order chi connectivity index (χ0) is 13.8. The highest BCUT2D eigenvalue weighted by atomic mass is 16.6. The molecule has 5 nitrogen and oxygen atoms in total. The van der Waals surface area contributed by atoms with E-state index in [0.717, 1.165) is 6.08 Å². The lowest BCUT2D eigenvalue weighted by molar-refractivity contribution is -0.161. The molecular weight excluding hydrogens is 234 g/mol. The van der Waals surface area contributed by atoms with Crippen molar-refractivity contribution in [3.63, 3.8) is 0 Å². The zero-order valence-corrected chi connectivity index (χ0v) is 10.1. The Morgan fingerprint density at radius 1 is 1.56 bits per heavy atom. The van der Waals surface area contributed by atoms with Gasteiger partial charge in [0.25, 0.3) is 0 Å². The summed E-state index contributed by atoms with van der Waals surface area (Å²) in [6.45, 7) is 4.87. The molecule has 0 amide bonds. The van der Waals surface area contributed by atoms with E-state index in [4.69, 9.17) is 5.11 Å². The van der Waals surface area contributed by atoms with Crippen molar-refractivity contribution < 1.29 is 19.4 Å². The Hall–Kier alpha value is -2.23. The average Bonchev–Trinajstić information content (AvgIpc) is 2.40. The SMILES string of the molecule is C=CC(=O)OC(O)CC.O=C=Nc1ccccc1. The van der Waals surface area contributed by atoms with Crippen molar-refractivity contribution in [2.75, 3.05) is 0 Å². The summed E-state index contributed by atoms with van der Waals surface area (Å²) in [5.74, 6) is -0.593. The van der Waals surface area contributed by atoms with Gasteiger partial charge in [-0.2, -0.15) is 4.99 Å². The van der Waals surface area contributed by atoms with Gasteiger partial charge in [0.05, 0.1) is 5.69 Å². The van der Waals surface area contributed by atoms with Gasteiger partial charge in [-0.05, 0) is 12.1 Å². The van der Waals surface area contributed by atoms with Crippen LogP contribution in [0, 0.1) is 0 Å². The lowest BCUT2D eigenvalue weighted by Gasteiger charge is -2.05. The van der Waals surface area contributed by atoms with E-state index in [1.54, 1.807) is 19.1 Å². The molecule has 1 rings (SSSR count). The van der Waals surface area contributed by atoms with Gasteiger partial charge in [-0.3, -0.25) is 0 Å². The van der Waals surface area contributed by atoms with Gasteiger partial charge >= 0.3 is 5.97 Å². The molecule has 0 aromatic heterocycles. The highest BCUT2D eigenvalue weighted by molar-refractivity contribution is 5.81. The van der Waals surface area contributed by atoms with Crippen LogP contribution in [-0.2, 0) is 14.3 Å². The quantitative estimate of drug-likeness (QED) is 0.291. The van der Waals surface area contributed by atoms with E-state index in [0.29, 0.717) is 12.1 Å². The van der Waals surface area contributed by atoms with Gasteiger partial charge in [0.15, 0.2) is 0 Å². The fourth-order valence-electron chi connectivity index (χ4n) is 0.821. The molecule has 1 unspecified atom stereocenters. The minimum Gasteiger partial charge on any atom is -0.433 e. The first-order valence-electron chi connectivity index (χ1n) is 5.28. The summed E-state index contributed by atoms with van der Waals surface area (Å²) < 4.78 is 4.35. The maximum Gasteiger partial charge on any atom is 0.332 e. The number of isocyanates is 1. The second-order valence-corrected chi connectivity index (χ2v) is 3.04. The van der Waals surface area contributed by atoms with E-state index in [2.05, 4.69) is 16.3 Å². The van der Waals surface area contributed by atoms with Crippen molar-refractivity contribution in [3.05, 3.63) is 43.0 Å². The summed E-state index contributed by atoms with van der Waals surface area (Å²) >= 11 is 0. The van der Waals surface area contributed by atoms with Crippen molar-refractivity contribution in [1.29, 1.82) is 0 Å². The molecule has 1 N–H and O–H groups in total. The average molecular weight is 249 g/mol. The van der Waals surface area contributed by atoms with Crippen LogP contribution in [0.25, 0.3) is 0 Å². The van der Waals surface area contributed by atoms with E-state index in [1.807, 2.05) is 18.2 Å². The highest BCUT2D eigenvalue weighted by Crippen LogP contribution is 2.06. The summed E-state index contributed by atoms with van der Waals surface area (Å²) in [7, 11) is 0. The Morgan fingerprint density at radius 3 is 2.61 bits per heavy atom. The molecule has 0 radical (unpaired) electrons.